The molecule has 0 aromatic rings. The minimum atomic E-state index is -4.07. The van der Waals surface area contributed by atoms with Gasteiger partial charge in [0.1, 0.15) is 0 Å². The van der Waals surface area contributed by atoms with Gasteiger partial charge in [-0.15, -0.1) is 0 Å². The van der Waals surface area contributed by atoms with Gasteiger partial charge in [0, 0.05) is 6.54 Å². The molecule has 0 saturated heterocycles. The predicted molar refractivity (Wildman–Crippen MR) is 56.8 cm³/mol. The van der Waals surface area contributed by atoms with Gasteiger partial charge in [0.05, 0.1) is 6.42 Å². The van der Waals surface area contributed by atoms with Crippen molar-refractivity contribution in [3.8, 4) is 0 Å². The van der Waals surface area contributed by atoms with E-state index >= 15 is 0 Å². The Morgan fingerprint density at radius 2 is 1.87 bits per heavy atom. The van der Waals surface area contributed by atoms with Crippen molar-refractivity contribution in [3.63, 3.8) is 0 Å². The molecule has 0 aliphatic carbocycles. The third kappa shape index (κ3) is 9.79. The van der Waals surface area contributed by atoms with E-state index in [1.807, 2.05) is 7.05 Å². The first kappa shape index (κ1) is 14.5. The maximum absolute atomic E-state index is 12.0. The van der Waals surface area contributed by atoms with Gasteiger partial charge in [0.25, 0.3) is 0 Å². The van der Waals surface area contributed by atoms with E-state index < -0.39 is 12.6 Å². The number of halogens is 3. The highest BCUT2D eigenvalue weighted by atomic mass is 19.4. The van der Waals surface area contributed by atoms with Crippen LogP contribution in [0.3, 0.4) is 0 Å². The standard InChI is InChI=1S/C11H20F3N/c1-4-7-15(3)8-5-6-10(2)9-11(12,13)14/h6H,4-5,7-9H2,1-3H3. The van der Waals surface area contributed by atoms with Crippen molar-refractivity contribution >= 4 is 0 Å². The molecule has 0 aromatic carbocycles. The van der Waals surface area contributed by atoms with Gasteiger partial charge >= 0.3 is 6.18 Å². The van der Waals surface area contributed by atoms with Crippen LogP contribution in [0.25, 0.3) is 0 Å². The molecule has 0 fully saturated rings. The summed E-state index contributed by atoms with van der Waals surface area (Å²) in [6.07, 6.45) is -1.42. The van der Waals surface area contributed by atoms with Crippen LogP contribution >= 0.6 is 0 Å². The van der Waals surface area contributed by atoms with E-state index in [0.29, 0.717) is 12.0 Å². The highest BCUT2D eigenvalue weighted by Crippen LogP contribution is 2.24. The third-order valence-electron chi connectivity index (χ3n) is 2.09. The summed E-state index contributed by atoms with van der Waals surface area (Å²) < 4.78 is 35.9. The minimum Gasteiger partial charge on any atom is -0.306 e. The van der Waals surface area contributed by atoms with Crippen LogP contribution in [0, 0.1) is 0 Å². The molecule has 0 unspecified atom stereocenters. The second kappa shape index (κ2) is 6.88. The Hall–Kier alpha value is -0.510. The van der Waals surface area contributed by atoms with Gasteiger partial charge in [-0.1, -0.05) is 18.6 Å². The highest BCUT2D eigenvalue weighted by molar-refractivity contribution is 4.99. The average Bonchev–Trinajstić information content (AvgIpc) is 2.00. The number of nitrogens with zero attached hydrogens (tertiary/aromatic N) is 1. The fourth-order valence-electron chi connectivity index (χ4n) is 1.41. The minimum absolute atomic E-state index is 0.410. The Morgan fingerprint density at radius 1 is 1.27 bits per heavy atom. The average molecular weight is 223 g/mol. The van der Waals surface area contributed by atoms with Gasteiger partial charge in [-0.05, 0) is 33.4 Å². The number of alkyl halides is 3. The van der Waals surface area contributed by atoms with Crippen LogP contribution in [0.1, 0.15) is 33.1 Å². The molecule has 1 nitrogen and oxygen atoms in total. The van der Waals surface area contributed by atoms with Gasteiger partial charge < -0.3 is 4.90 Å². The van der Waals surface area contributed by atoms with Crippen LogP contribution in [0.2, 0.25) is 0 Å². The van der Waals surface area contributed by atoms with E-state index in [-0.39, 0.29) is 0 Å². The molecular weight excluding hydrogens is 203 g/mol. The Morgan fingerprint density at radius 3 is 2.33 bits per heavy atom. The summed E-state index contributed by atoms with van der Waals surface area (Å²) in [7, 11) is 1.98. The molecule has 0 spiro atoms. The van der Waals surface area contributed by atoms with E-state index in [1.165, 1.54) is 6.92 Å². The van der Waals surface area contributed by atoms with Crippen molar-refractivity contribution in [1.29, 1.82) is 0 Å². The normalized spacial score (nSPS) is 13.7. The van der Waals surface area contributed by atoms with Crippen LogP contribution in [0.15, 0.2) is 11.6 Å². The number of allylic oxidation sites excluding steroid dienone is 1. The van der Waals surface area contributed by atoms with E-state index in [1.54, 1.807) is 6.08 Å². The molecule has 0 rings (SSSR count). The molecule has 0 aliphatic rings. The highest BCUT2D eigenvalue weighted by Gasteiger charge is 2.26. The number of hydrogen-bond donors (Lipinski definition) is 0. The third-order valence-corrected chi connectivity index (χ3v) is 2.09. The summed E-state index contributed by atoms with van der Waals surface area (Å²) in [5, 5.41) is 0. The predicted octanol–water partition coefficient (Wildman–Crippen LogP) is 3.62. The molecule has 4 heteroatoms. The SMILES string of the molecule is CCCN(C)CCC=C(C)CC(F)(F)F. The first-order chi connectivity index (χ1) is 6.85. The lowest BCUT2D eigenvalue weighted by Crippen LogP contribution is -2.19. The van der Waals surface area contributed by atoms with Crippen LogP contribution in [0.4, 0.5) is 13.2 Å². The van der Waals surface area contributed by atoms with Gasteiger partial charge in [-0.25, -0.2) is 0 Å². The van der Waals surface area contributed by atoms with Crippen LogP contribution < -0.4 is 0 Å². The van der Waals surface area contributed by atoms with Crippen molar-refractivity contribution in [2.45, 2.75) is 39.3 Å². The second-order valence-corrected chi connectivity index (χ2v) is 3.93. The van der Waals surface area contributed by atoms with Gasteiger partial charge in [0.2, 0.25) is 0 Å². The summed E-state index contributed by atoms with van der Waals surface area (Å²) in [5.41, 5.74) is 0.410. The smallest absolute Gasteiger partial charge is 0.306 e. The molecule has 0 heterocycles. The summed E-state index contributed by atoms with van der Waals surface area (Å²) in [5.74, 6) is 0. The fraction of sp³-hybridized carbons (Fsp3) is 0.818. The van der Waals surface area contributed by atoms with Crippen molar-refractivity contribution in [1.82, 2.24) is 4.90 Å². The zero-order valence-corrected chi connectivity index (χ0v) is 9.69. The van der Waals surface area contributed by atoms with Gasteiger partial charge in [-0.3, -0.25) is 0 Å². The summed E-state index contributed by atoms with van der Waals surface area (Å²) in [4.78, 5) is 2.12. The van der Waals surface area contributed by atoms with Crippen LogP contribution in [-0.4, -0.2) is 31.2 Å². The van der Waals surface area contributed by atoms with Crippen LogP contribution in [-0.2, 0) is 0 Å². The number of rotatable bonds is 6. The Bertz CT molecular complexity index is 196. The molecule has 15 heavy (non-hydrogen) atoms. The van der Waals surface area contributed by atoms with Crippen molar-refractivity contribution < 1.29 is 13.2 Å². The van der Waals surface area contributed by atoms with Crippen LogP contribution in [0.5, 0.6) is 0 Å². The maximum atomic E-state index is 12.0. The lowest BCUT2D eigenvalue weighted by molar-refractivity contribution is -0.127. The van der Waals surface area contributed by atoms with Gasteiger partial charge in [0.15, 0.2) is 0 Å². The number of hydrogen-bond acceptors (Lipinski definition) is 1. The maximum Gasteiger partial charge on any atom is 0.392 e. The molecule has 0 aliphatic heterocycles. The van der Waals surface area contributed by atoms with E-state index in [0.717, 1.165) is 19.5 Å². The zero-order chi connectivity index (χ0) is 11.9. The Kier molecular flexibility index (Phi) is 6.65. The Labute approximate surface area is 90.0 Å². The summed E-state index contributed by atoms with van der Waals surface area (Å²) >= 11 is 0. The van der Waals surface area contributed by atoms with E-state index in [9.17, 15) is 13.2 Å². The Balaban J connectivity index is 3.76. The molecule has 0 N–H and O–H groups in total. The first-order valence-electron chi connectivity index (χ1n) is 5.26. The molecule has 0 atom stereocenters. The first-order valence-corrected chi connectivity index (χ1v) is 5.26. The quantitative estimate of drug-likeness (QED) is 0.622. The van der Waals surface area contributed by atoms with Crippen molar-refractivity contribution in [3.05, 3.63) is 11.6 Å². The molecule has 0 bridgehead atoms. The molecular formula is C11H20F3N. The van der Waals surface area contributed by atoms with Gasteiger partial charge in [-0.2, -0.15) is 13.2 Å². The van der Waals surface area contributed by atoms with Crippen molar-refractivity contribution in [2.24, 2.45) is 0 Å². The van der Waals surface area contributed by atoms with Crippen molar-refractivity contribution in [2.75, 3.05) is 20.1 Å². The molecule has 0 saturated carbocycles. The topological polar surface area (TPSA) is 3.24 Å². The summed E-state index contributed by atoms with van der Waals surface area (Å²) in [6.45, 7) is 5.43. The fourth-order valence-corrected chi connectivity index (χ4v) is 1.41. The molecule has 90 valence electrons. The second-order valence-electron chi connectivity index (χ2n) is 3.93. The largest absolute Gasteiger partial charge is 0.392 e. The summed E-state index contributed by atoms with van der Waals surface area (Å²) in [6, 6.07) is 0. The van der Waals surface area contributed by atoms with E-state index in [4.69, 9.17) is 0 Å². The molecule has 0 radical (unpaired) electrons. The zero-order valence-electron chi connectivity index (χ0n) is 9.69. The monoisotopic (exact) mass is 223 g/mol. The molecule has 0 aromatic heterocycles. The lowest BCUT2D eigenvalue weighted by Gasteiger charge is -2.14. The van der Waals surface area contributed by atoms with E-state index in [2.05, 4.69) is 11.8 Å². The molecule has 0 amide bonds. The lowest BCUT2D eigenvalue weighted by atomic mass is 10.1.